The minimum atomic E-state index is -0.719. The summed E-state index contributed by atoms with van der Waals surface area (Å²) in [5.74, 6) is 0.794. The van der Waals surface area contributed by atoms with E-state index in [4.69, 9.17) is 11.6 Å². The van der Waals surface area contributed by atoms with E-state index < -0.39 is 5.41 Å². The Kier molecular flexibility index (Phi) is 4.22. The topological polar surface area (TPSA) is 88.7 Å². The number of nitrogens with one attached hydrogen (secondary N) is 1. The normalized spacial score (nSPS) is 22.7. The summed E-state index contributed by atoms with van der Waals surface area (Å²) < 4.78 is 1.50. The molecule has 0 radical (unpaired) electrons. The summed E-state index contributed by atoms with van der Waals surface area (Å²) >= 11 is 5.91. The van der Waals surface area contributed by atoms with Crippen molar-refractivity contribution in [1.29, 1.82) is 0 Å². The summed E-state index contributed by atoms with van der Waals surface area (Å²) in [5, 5.41) is 7.48. The quantitative estimate of drug-likeness (QED) is 0.820. The molecule has 0 spiro atoms. The van der Waals surface area contributed by atoms with Crippen LogP contribution in [0.25, 0.3) is 0 Å². The van der Waals surface area contributed by atoms with Crippen LogP contribution < -0.4 is 5.32 Å². The molecule has 138 valence electrons. The number of hydrogen-bond donors (Lipinski definition) is 1. The van der Waals surface area contributed by atoms with Gasteiger partial charge in [-0.15, -0.1) is 11.6 Å². The van der Waals surface area contributed by atoms with Gasteiger partial charge in [-0.05, 0) is 46.0 Å². The summed E-state index contributed by atoms with van der Waals surface area (Å²) in [5.41, 5.74) is 1.05. The van der Waals surface area contributed by atoms with Crippen LogP contribution in [0.3, 0.4) is 0 Å². The highest BCUT2D eigenvalue weighted by Gasteiger charge is 2.35. The molecule has 8 heteroatoms. The minimum absolute atomic E-state index is 0.163. The van der Waals surface area contributed by atoms with Gasteiger partial charge in [0.15, 0.2) is 0 Å². The van der Waals surface area contributed by atoms with Crippen molar-refractivity contribution in [3.8, 4) is 0 Å². The second-order valence-corrected chi connectivity index (χ2v) is 8.18. The van der Waals surface area contributed by atoms with Crippen LogP contribution in [0.15, 0.2) is 16.1 Å². The smallest absolute Gasteiger partial charge is 0.257 e. The van der Waals surface area contributed by atoms with Gasteiger partial charge in [0, 0.05) is 23.6 Å². The summed E-state index contributed by atoms with van der Waals surface area (Å²) in [6.07, 6.45) is 4.75. The average molecular weight is 376 g/mol. The first-order valence-electron chi connectivity index (χ1n) is 9.07. The second kappa shape index (κ2) is 6.30. The van der Waals surface area contributed by atoms with Crippen molar-refractivity contribution in [2.45, 2.75) is 51.9 Å². The number of amides is 2. The van der Waals surface area contributed by atoms with Gasteiger partial charge in [0.1, 0.15) is 5.82 Å². The zero-order valence-electron chi connectivity index (χ0n) is 15.0. The Morgan fingerprint density at radius 2 is 2.12 bits per heavy atom. The molecule has 0 bridgehead atoms. The minimum Gasteiger partial charge on any atom is -0.310 e. The molecule has 1 N–H and O–H groups in total. The van der Waals surface area contributed by atoms with Crippen molar-refractivity contribution in [3.63, 3.8) is 0 Å². The molecule has 3 aliphatic rings. The van der Waals surface area contributed by atoms with Crippen molar-refractivity contribution in [1.82, 2.24) is 9.78 Å². The van der Waals surface area contributed by atoms with Crippen molar-refractivity contribution < 1.29 is 9.59 Å². The molecule has 4 rings (SSSR count). The Hall–Kier alpha value is -2.02. The van der Waals surface area contributed by atoms with Crippen LogP contribution in [0, 0.1) is 11.3 Å². The molecular formula is C18H22ClN5O2. The summed E-state index contributed by atoms with van der Waals surface area (Å²) in [4.78, 5) is 33.6. The Bertz CT molecular complexity index is 835. The molecule has 1 aromatic heterocycles. The number of halogens is 1. The fraction of sp³-hybridized carbons (Fsp3) is 0.611. The third-order valence-electron chi connectivity index (χ3n) is 5.18. The van der Waals surface area contributed by atoms with Crippen LogP contribution in [-0.4, -0.2) is 39.1 Å². The van der Waals surface area contributed by atoms with E-state index in [-0.39, 0.29) is 29.6 Å². The molecule has 0 aromatic carbocycles. The SMILES string of the molecule is CC(C)(CCl)C(=O)Nc1cc(C2CC2)nn1C1=NC(=O)C2CCCC2=N1. The molecule has 1 atom stereocenters. The van der Waals surface area contributed by atoms with Crippen molar-refractivity contribution in [3.05, 3.63) is 11.8 Å². The van der Waals surface area contributed by atoms with E-state index in [0.717, 1.165) is 43.5 Å². The van der Waals surface area contributed by atoms with Crippen molar-refractivity contribution in [2.24, 2.45) is 21.3 Å². The molecule has 2 aliphatic carbocycles. The number of carbonyl (C=O) groups is 2. The number of aliphatic imine (C=N–C) groups is 2. The predicted octanol–water partition coefficient (Wildman–Crippen LogP) is 2.95. The fourth-order valence-electron chi connectivity index (χ4n) is 3.22. The predicted molar refractivity (Wildman–Crippen MR) is 99.9 cm³/mol. The lowest BCUT2D eigenvalue weighted by molar-refractivity contribution is -0.123. The highest BCUT2D eigenvalue weighted by Crippen LogP contribution is 2.40. The Labute approximate surface area is 156 Å². The zero-order chi connectivity index (χ0) is 18.5. The van der Waals surface area contributed by atoms with Crippen LogP contribution >= 0.6 is 11.6 Å². The standard InChI is InChI=1S/C18H22ClN5O2/c1-18(2,9-19)16(26)21-14-8-13(10-6-7-10)23-24(14)17-20-12-5-3-4-11(12)15(25)22-17/h8,10-11H,3-7,9H2,1-2H3,(H,21,26). The number of anilines is 1. The second-order valence-electron chi connectivity index (χ2n) is 7.91. The average Bonchev–Trinajstić information content (AvgIpc) is 3.19. The maximum absolute atomic E-state index is 12.6. The Morgan fingerprint density at radius 3 is 2.81 bits per heavy atom. The van der Waals surface area contributed by atoms with Gasteiger partial charge >= 0.3 is 0 Å². The number of fused-ring (bicyclic) bond motifs is 1. The van der Waals surface area contributed by atoms with Gasteiger partial charge in [-0.2, -0.15) is 14.8 Å². The summed E-state index contributed by atoms with van der Waals surface area (Å²) in [6, 6.07) is 1.85. The lowest BCUT2D eigenvalue weighted by atomic mass is 9.95. The highest BCUT2D eigenvalue weighted by molar-refractivity contribution is 6.20. The van der Waals surface area contributed by atoms with Crippen LogP contribution in [0.1, 0.15) is 57.6 Å². The molecule has 2 saturated carbocycles. The van der Waals surface area contributed by atoms with Gasteiger partial charge in [-0.3, -0.25) is 9.59 Å². The van der Waals surface area contributed by atoms with Crippen LogP contribution in [0.4, 0.5) is 5.82 Å². The number of alkyl halides is 1. The lowest BCUT2D eigenvalue weighted by Gasteiger charge is -2.21. The molecule has 0 saturated heterocycles. The van der Waals surface area contributed by atoms with Gasteiger partial charge in [-0.1, -0.05) is 0 Å². The third kappa shape index (κ3) is 3.09. The summed E-state index contributed by atoms with van der Waals surface area (Å²) in [7, 11) is 0. The van der Waals surface area contributed by atoms with Crippen LogP contribution in [-0.2, 0) is 9.59 Å². The Morgan fingerprint density at radius 1 is 1.35 bits per heavy atom. The molecule has 26 heavy (non-hydrogen) atoms. The zero-order valence-corrected chi connectivity index (χ0v) is 15.7. The number of hydrogen-bond acceptors (Lipinski definition) is 4. The van der Waals surface area contributed by atoms with E-state index in [0.29, 0.717) is 11.7 Å². The molecular weight excluding hydrogens is 354 g/mol. The summed E-state index contributed by atoms with van der Waals surface area (Å²) in [6.45, 7) is 3.56. The first-order chi connectivity index (χ1) is 12.4. The molecule has 2 fully saturated rings. The Balaban J connectivity index is 1.69. The third-order valence-corrected chi connectivity index (χ3v) is 5.85. The van der Waals surface area contributed by atoms with Crippen LogP contribution in [0.2, 0.25) is 0 Å². The van der Waals surface area contributed by atoms with Gasteiger partial charge in [-0.25, -0.2) is 4.99 Å². The number of nitrogens with zero attached hydrogens (tertiary/aromatic N) is 4. The molecule has 1 aliphatic heterocycles. The molecule has 1 unspecified atom stereocenters. The molecule has 2 amide bonds. The number of aromatic nitrogens is 2. The lowest BCUT2D eigenvalue weighted by Crippen LogP contribution is -2.34. The first kappa shape index (κ1) is 17.4. The monoisotopic (exact) mass is 375 g/mol. The van der Waals surface area contributed by atoms with Gasteiger partial charge in [0.25, 0.3) is 11.9 Å². The van der Waals surface area contributed by atoms with E-state index in [9.17, 15) is 9.59 Å². The van der Waals surface area contributed by atoms with Crippen LogP contribution in [0.5, 0.6) is 0 Å². The van der Waals surface area contributed by atoms with E-state index in [1.807, 2.05) is 6.07 Å². The number of carbonyl (C=O) groups excluding carboxylic acids is 2. The van der Waals surface area contributed by atoms with Crippen molar-refractivity contribution >= 4 is 40.9 Å². The van der Waals surface area contributed by atoms with Gasteiger partial charge < -0.3 is 5.32 Å². The van der Waals surface area contributed by atoms with Gasteiger partial charge in [0.2, 0.25) is 5.91 Å². The maximum atomic E-state index is 12.6. The highest BCUT2D eigenvalue weighted by atomic mass is 35.5. The number of rotatable bonds is 4. The van der Waals surface area contributed by atoms with E-state index >= 15 is 0 Å². The fourth-order valence-corrected chi connectivity index (χ4v) is 3.34. The van der Waals surface area contributed by atoms with E-state index in [1.54, 1.807) is 13.8 Å². The van der Waals surface area contributed by atoms with E-state index in [1.165, 1.54) is 4.68 Å². The molecule has 2 heterocycles. The van der Waals surface area contributed by atoms with E-state index in [2.05, 4.69) is 20.4 Å². The van der Waals surface area contributed by atoms with Crippen molar-refractivity contribution in [2.75, 3.05) is 11.2 Å². The molecule has 1 aromatic rings. The molecule has 7 nitrogen and oxygen atoms in total. The first-order valence-corrected chi connectivity index (χ1v) is 9.60. The largest absolute Gasteiger partial charge is 0.310 e. The van der Waals surface area contributed by atoms with Gasteiger partial charge in [0.05, 0.1) is 17.0 Å². The maximum Gasteiger partial charge on any atom is 0.257 e.